The number of ether oxygens (including phenoxy) is 1. The van der Waals surface area contributed by atoms with Crippen molar-refractivity contribution in [2.24, 2.45) is 0 Å². The molecule has 0 fully saturated rings. The van der Waals surface area contributed by atoms with Crippen molar-refractivity contribution < 1.29 is 18.8 Å². The average Bonchev–Trinajstić information content (AvgIpc) is 2.43. The van der Waals surface area contributed by atoms with Crippen molar-refractivity contribution >= 4 is 28.4 Å². The molecule has 4 nitrogen and oxygen atoms in total. The third kappa shape index (κ3) is 4.16. The van der Waals surface area contributed by atoms with Crippen LogP contribution in [0.25, 0.3) is 0 Å². The van der Waals surface area contributed by atoms with E-state index in [1.807, 2.05) is 0 Å². The van der Waals surface area contributed by atoms with Crippen molar-refractivity contribution in [1.82, 2.24) is 0 Å². The highest BCUT2D eigenvalue weighted by Gasteiger charge is 2.27. The molecular weight excluding hydrogens is 300 g/mol. The van der Waals surface area contributed by atoms with Gasteiger partial charge in [-0.3, -0.25) is 4.21 Å². The van der Waals surface area contributed by atoms with Gasteiger partial charge in [0.1, 0.15) is 0 Å². The molecule has 0 aliphatic heterocycles. The van der Waals surface area contributed by atoms with Gasteiger partial charge in [0.2, 0.25) is 0 Å². The Bertz CT molecular complexity index is 528. The van der Waals surface area contributed by atoms with Crippen LogP contribution < -0.4 is 0 Å². The third-order valence-electron chi connectivity index (χ3n) is 2.79. The summed E-state index contributed by atoms with van der Waals surface area (Å²) in [5.41, 5.74) is 0.166. The van der Waals surface area contributed by atoms with Crippen LogP contribution in [0.2, 0.25) is 5.02 Å². The van der Waals surface area contributed by atoms with Gasteiger partial charge in [-0.05, 0) is 25.5 Å². The normalized spacial score (nSPS) is 15.2. The van der Waals surface area contributed by atoms with Crippen molar-refractivity contribution in [3.8, 4) is 0 Å². The lowest BCUT2D eigenvalue weighted by atomic mass is 10.1. The van der Waals surface area contributed by atoms with Crippen LogP contribution in [0.15, 0.2) is 41.3 Å². The van der Waals surface area contributed by atoms with E-state index in [4.69, 9.17) is 11.6 Å². The highest BCUT2D eigenvalue weighted by molar-refractivity contribution is 7.85. The molecule has 0 aliphatic rings. The number of halogens is 1. The fourth-order valence-electron chi connectivity index (χ4n) is 1.67. The molecule has 0 amide bonds. The van der Waals surface area contributed by atoms with Crippen molar-refractivity contribution in [3.63, 3.8) is 0 Å². The van der Waals surface area contributed by atoms with E-state index in [-0.39, 0.29) is 12.0 Å². The Kier molecular flexibility index (Phi) is 6.39. The molecule has 0 aromatic heterocycles. The number of rotatable bonds is 6. The van der Waals surface area contributed by atoms with Crippen LogP contribution in [-0.2, 0) is 20.3 Å². The first-order chi connectivity index (χ1) is 9.38. The lowest BCUT2D eigenvalue weighted by Crippen LogP contribution is -2.30. The Balaban J connectivity index is 2.98. The minimum atomic E-state index is -1.55. The molecule has 1 aromatic rings. The number of benzene rings is 1. The Morgan fingerprint density at radius 3 is 2.60 bits per heavy atom. The standard InChI is InChI=1S/C14H17ClO4S/c1-9(14(17)19-3)8-13(10(2)16)20(18)12-7-5-4-6-11(12)15/h4-7,10,13,16H,1,8H2,2-3H3/t10-,13-,20-/m0/s1. The van der Waals surface area contributed by atoms with E-state index in [0.29, 0.717) is 9.92 Å². The number of carbonyl (C=O) groups is 1. The number of carbonyl (C=O) groups excluding carboxylic acids is 1. The van der Waals surface area contributed by atoms with Crippen LogP contribution in [0.1, 0.15) is 13.3 Å². The van der Waals surface area contributed by atoms with E-state index in [2.05, 4.69) is 11.3 Å². The summed E-state index contributed by atoms with van der Waals surface area (Å²) in [4.78, 5) is 11.8. The summed E-state index contributed by atoms with van der Waals surface area (Å²) < 4.78 is 17.1. The lowest BCUT2D eigenvalue weighted by molar-refractivity contribution is -0.136. The number of aliphatic hydroxyl groups is 1. The van der Waals surface area contributed by atoms with Gasteiger partial charge in [0.15, 0.2) is 0 Å². The molecule has 0 bridgehead atoms. The summed E-state index contributed by atoms with van der Waals surface area (Å²) in [5, 5.41) is 9.49. The molecule has 0 heterocycles. The molecule has 1 N–H and O–H groups in total. The molecule has 0 saturated heterocycles. The van der Waals surface area contributed by atoms with Gasteiger partial charge >= 0.3 is 5.97 Å². The summed E-state index contributed by atoms with van der Waals surface area (Å²) in [7, 11) is -0.307. The molecule has 0 unspecified atom stereocenters. The number of methoxy groups -OCH3 is 1. The van der Waals surface area contributed by atoms with Crippen LogP contribution in [0.5, 0.6) is 0 Å². The molecule has 0 radical (unpaired) electrons. The maximum atomic E-state index is 12.5. The molecule has 1 aromatic carbocycles. The number of esters is 1. The maximum Gasteiger partial charge on any atom is 0.333 e. The van der Waals surface area contributed by atoms with Gasteiger partial charge in [0.25, 0.3) is 0 Å². The second-order valence-corrected chi connectivity index (χ2v) is 6.35. The first-order valence-electron chi connectivity index (χ1n) is 5.97. The predicted octanol–water partition coefficient (Wildman–Crippen LogP) is 2.32. The Morgan fingerprint density at radius 1 is 1.50 bits per heavy atom. The van der Waals surface area contributed by atoms with Crippen LogP contribution in [-0.4, -0.2) is 33.7 Å². The van der Waals surface area contributed by atoms with Gasteiger partial charge in [0.05, 0.1) is 39.2 Å². The Hall–Kier alpha value is -1.17. The van der Waals surface area contributed by atoms with Crippen molar-refractivity contribution in [1.29, 1.82) is 0 Å². The average molecular weight is 317 g/mol. The van der Waals surface area contributed by atoms with Crippen LogP contribution >= 0.6 is 11.6 Å². The molecule has 0 aliphatic carbocycles. The van der Waals surface area contributed by atoms with E-state index in [1.54, 1.807) is 24.3 Å². The van der Waals surface area contributed by atoms with Gasteiger partial charge in [-0.1, -0.05) is 30.3 Å². The second kappa shape index (κ2) is 7.57. The fourth-order valence-corrected chi connectivity index (χ4v) is 3.54. The molecule has 3 atom stereocenters. The number of aliphatic hydroxyl groups excluding tert-OH is 1. The van der Waals surface area contributed by atoms with Gasteiger partial charge in [-0.15, -0.1) is 0 Å². The summed E-state index contributed by atoms with van der Waals surface area (Å²) in [5.74, 6) is -0.577. The first-order valence-corrected chi connectivity index (χ1v) is 7.56. The highest BCUT2D eigenvalue weighted by Crippen LogP contribution is 2.25. The third-order valence-corrected chi connectivity index (χ3v) is 5.13. The van der Waals surface area contributed by atoms with Crippen molar-refractivity contribution in [2.75, 3.05) is 7.11 Å². The second-order valence-electron chi connectivity index (χ2n) is 4.31. The van der Waals surface area contributed by atoms with E-state index in [9.17, 15) is 14.1 Å². The topological polar surface area (TPSA) is 63.6 Å². The SMILES string of the molecule is C=C(C[C@@H]([C@H](C)O)[S@@](=O)c1ccccc1Cl)C(=O)OC. The van der Waals surface area contributed by atoms with Gasteiger partial charge < -0.3 is 9.84 Å². The van der Waals surface area contributed by atoms with Crippen LogP contribution in [0.3, 0.4) is 0 Å². The molecule has 6 heteroatoms. The van der Waals surface area contributed by atoms with Gasteiger partial charge in [-0.2, -0.15) is 0 Å². The number of hydrogen-bond donors (Lipinski definition) is 1. The quantitative estimate of drug-likeness (QED) is 0.646. The van der Waals surface area contributed by atoms with Gasteiger partial charge in [-0.25, -0.2) is 4.79 Å². The smallest absolute Gasteiger partial charge is 0.333 e. The highest BCUT2D eigenvalue weighted by atomic mass is 35.5. The summed E-state index contributed by atoms with van der Waals surface area (Å²) in [6, 6.07) is 6.71. The van der Waals surface area contributed by atoms with Crippen molar-refractivity contribution in [2.45, 2.75) is 29.6 Å². The maximum absolute atomic E-state index is 12.5. The monoisotopic (exact) mass is 316 g/mol. The Labute approximate surface area is 125 Å². The van der Waals surface area contributed by atoms with Crippen LogP contribution in [0.4, 0.5) is 0 Å². The minimum absolute atomic E-state index is 0.0716. The van der Waals surface area contributed by atoms with E-state index in [0.717, 1.165) is 0 Å². The molecule has 110 valence electrons. The molecule has 1 rings (SSSR count). The molecular formula is C14H17ClO4S. The first kappa shape index (κ1) is 16.9. The zero-order chi connectivity index (χ0) is 15.3. The lowest BCUT2D eigenvalue weighted by Gasteiger charge is -2.20. The predicted molar refractivity (Wildman–Crippen MR) is 79.1 cm³/mol. The van der Waals surface area contributed by atoms with Gasteiger partial charge in [0, 0.05) is 5.57 Å². The minimum Gasteiger partial charge on any atom is -0.466 e. The summed E-state index contributed by atoms with van der Waals surface area (Å²) in [6.07, 6.45) is -0.809. The molecule has 0 spiro atoms. The molecule has 0 saturated carbocycles. The van der Waals surface area contributed by atoms with E-state index >= 15 is 0 Å². The van der Waals surface area contributed by atoms with Crippen molar-refractivity contribution in [3.05, 3.63) is 41.4 Å². The van der Waals surface area contributed by atoms with E-state index in [1.165, 1.54) is 14.0 Å². The van der Waals surface area contributed by atoms with Crippen LogP contribution in [0, 0.1) is 0 Å². The fraction of sp³-hybridized carbons (Fsp3) is 0.357. The summed E-state index contributed by atoms with van der Waals surface area (Å²) in [6.45, 7) is 5.11. The zero-order valence-corrected chi connectivity index (χ0v) is 12.9. The van der Waals surface area contributed by atoms with E-state index < -0.39 is 28.1 Å². The number of hydrogen-bond acceptors (Lipinski definition) is 4. The zero-order valence-electron chi connectivity index (χ0n) is 11.3. The molecule has 20 heavy (non-hydrogen) atoms. The summed E-state index contributed by atoms with van der Waals surface area (Å²) >= 11 is 6.01. The Morgan fingerprint density at radius 2 is 2.10 bits per heavy atom. The largest absolute Gasteiger partial charge is 0.466 e.